The largest absolute Gasteiger partial charge is 0.416 e. The molecule has 1 aromatic rings. The lowest BCUT2D eigenvalue weighted by atomic mass is 10.2. The summed E-state index contributed by atoms with van der Waals surface area (Å²) in [6.07, 6.45) is 0.462. The third-order valence-electron chi connectivity index (χ3n) is 3.74. The van der Waals surface area contributed by atoms with Gasteiger partial charge in [-0.2, -0.15) is 18.3 Å². The number of hydrazone groups is 1. The monoisotopic (exact) mass is 412 g/mol. The first-order valence-corrected chi connectivity index (χ1v) is 9.24. The van der Waals surface area contributed by atoms with Gasteiger partial charge in [0.2, 0.25) is 0 Å². The highest BCUT2D eigenvalue weighted by Gasteiger charge is 2.30. The van der Waals surface area contributed by atoms with Crippen LogP contribution in [0.1, 0.15) is 39.2 Å². The highest BCUT2D eigenvalue weighted by atomic mass is 19.4. The van der Waals surface area contributed by atoms with Crippen LogP contribution in [0.2, 0.25) is 0 Å². The summed E-state index contributed by atoms with van der Waals surface area (Å²) in [6, 6.07) is 3.67. The molecule has 0 heterocycles. The summed E-state index contributed by atoms with van der Waals surface area (Å²) < 4.78 is 38.0. The number of nitrogens with one attached hydrogen (secondary N) is 2. The molecule has 6 nitrogen and oxygen atoms in total. The SMILES string of the molecule is C/C=C\C/C(C)=N/N(CCCNCC(C)=O)C(=O)Nc1ccc(C(F)(F)F)cc1. The number of hydrogen-bond acceptors (Lipinski definition) is 4. The van der Waals surface area contributed by atoms with Crippen molar-refractivity contribution in [1.29, 1.82) is 0 Å². The maximum atomic E-state index is 12.7. The topological polar surface area (TPSA) is 73.8 Å². The lowest BCUT2D eigenvalue weighted by molar-refractivity contribution is -0.137. The molecule has 1 aromatic carbocycles. The molecule has 29 heavy (non-hydrogen) atoms. The Morgan fingerprint density at radius 1 is 1.17 bits per heavy atom. The van der Waals surface area contributed by atoms with Crippen molar-refractivity contribution in [1.82, 2.24) is 10.3 Å². The molecule has 0 unspecified atom stereocenters. The van der Waals surface area contributed by atoms with E-state index in [4.69, 9.17) is 0 Å². The molecular formula is C20H27F3N4O2. The van der Waals surface area contributed by atoms with E-state index in [9.17, 15) is 22.8 Å². The molecule has 1 rings (SSSR count). The number of carbonyl (C=O) groups excluding carboxylic acids is 2. The van der Waals surface area contributed by atoms with E-state index < -0.39 is 17.8 Å². The Morgan fingerprint density at radius 2 is 1.83 bits per heavy atom. The van der Waals surface area contributed by atoms with Crippen LogP contribution in [0.4, 0.5) is 23.7 Å². The maximum Gasteiger partial charge on any atom is 0.416 e. The Morgan fingerprint density at radius 3 is 2.38 bits per heavy atom. The van der Waals surface area contributed by atoms with E-state index in [0.717, 1.165) is 12.1 Å². The number of anilines is 1. The molecule has 2 amide bonds. The summed E-state index contributed by atoms with van der Waals surface area (Å²) in [5.74, 6) is 0.0159. The first-order valence-electron chi connectivity index (χ1n) is 9.24. The van der Waals surface area contributed by atoms with Gasteiger partial charge in [0.15, 0.2) is 0 Å². The molecule has 0 fully saturated rings. The fourth-order valence-electron chi connectivity index (χ4n) is 2.28. The van der Waals surface area contributed by atoms with Crippen LogP contribution in [0.3, 0.4) is 0 Å². The molecule has 0 saturated carbocycles. The van der Waals surface area contributed by atoms with Crippen molar-refractivity contribution in [3.63, 3.8) is 0 Å². The van der Waals surface area contributed by atoms with Gasteiger partial charge < -0.3 is 10.6 Å². The Kier molecular flexibility index (Phi) is 10.1. The summed E-state index contributed by atoms with van der Waals surface area (Å²) in [5, 5.41) is 11.1. The molecule has 2 N–H and O–H groups in total. The van der Waals surface area contributed by atoms with E-state index in [0.29, 0.717) is 25.1 Å². The highest BCUT2D eigenvalue weighted by Crippen LogP contribution is 2.29. The molecule has 160 valence electrons. The number of hydrogen-bond donors (Lipinski definition) is 2. The molecule has 0 radical (unpaired) electrons. The zero-order chi connectivity index (χ0) is 21.9. The lowest BCUT2D eigenvalue weighted by Crippen LogP contribution is -2.34. The second kappa shape index (κ2) is 12.0. The standard InChI is InChI=1S/C20H27F3N4O2/c1-4-5-7-15(2)26-27(13-6-12-24-14-16(3)28)19(29)25-18-10-8-17(9-11-18)20(21,22)23/h4-5,8-11,24H,6-7,12-14H2,1-3H3,(H,25,29)/b5-4-,26-15+. The minimum Gasteiger partial charge on any atom is -0.310 e. The van der Waals surface area contributed by atoms with E-state index in [1.165, 1.54) is 24.1 Å². The molecule has 0 atom stereocenters. The predicted molar refractivity (Wildman–Crippen MR) is 108 cm³/mol. The smallest absolute Gasteiger partial charge is 0.310 e. The predicted octanol–water partition coefficient (Wildman–Crippen LogP) is 4.45. The van der Waals surface area contributed by atoms with Crippen LogP contribution >= 0.6 is 0 Å². The first-order chi connectivity index (χ1) is 13.6. The number of amides is 2. The van der Waals surface area contributed by atoms with E-state index in [2.05, 4.69) is 15.7 Å². The zero-order valence-corrected chi connectivity index (χ0v) is 16.8. The first kappa shape index (κ1) is 24.4. The van der Waals surface area contributed by atoms with Gasteiger partial charge in [0.25, 0.3) is 0 Å². The highest BCUT2D eigenvalue weighted by molar-refractivity contribution is 5.91. The number of rotatable bonds is 10. The third-order valence-corrected chi connectivity index (χ3v) is 3.74. The van der Waals surface area contributed by atoms with Crippen LogP contribution in [0.5, 0.6) is 0 Å². The van der Waals surface area contributed by atoms with Crippen molar-refractivity contribution in [3.8, 4) is 0 Å². The summed E-state index contributed by atoms with van der Waals surface area (Å²) in [4.78, 5) is 23.5. The zero-order valence-electron chi connectivity index (χ0n) is 16.8. The van der Waals surface area contributed by atoms with Crippen LogP contribution in [-0.4, -0.2) is 42.2 Å². The van der Waals surface area contributed by atoms with Gasteiger partial charge in [-0.25, -0.2) is 9.80 Å². The average Bonchev–Trinajstić information content (AvgIpc) is 2.64. The van der Waals surface area contributed by atoms with Gasteiger partial charge in [0.05, 0.1) is 12.1 Å². The van der Waals surface area contributed by atoms with Crippen molar-refractivity contribution < 1.29 is 22.8 Å². The summed E-state index contributed by atoms with van der Waals surface area (Å²) >= 11 is 0. The van der Waals surface area contributed by atoms with Crippen LogP contribution in [-0.2, 0) is 11.0 Å². The van der Waals surface area contributed by atoms with Crippen LogP contribution < -0.4 is 10.6 Å². The number of alkyl halides is 3. The van der Waals surface area contributed by atoms with Crippen LogP contribution in [0.25, 0.3) is 0 Å². The molecular weight excluding hydrogens is 385 g/mol. The molecule has 0 spiro atoms. The van der Waals surface area contributed by atoms with Crippen molar-refractivity contribution in [2.24, 2.45) is 5.10 Å². The van der Waals surface area contributed by atoms with Crippen LogP contribution in [0, 0.1) is 0 Å². The fraction of sp³-hybridized carbons (Fsp3) is 0.450. The van der Waals surface area contributed by atoms with E-state index >= 15 is 0 Å². The van der Waals surface area contributed by atoms with Gasteiger partial charge in [-0.3, -0.25) is 4.79 Å². The number of allylic oxidation sites excluding steroid dienone is 2. The van der Waals surface area contributed by atoms with Crippen molar-refractivity contribution >= 4 is 23.2 Å². The maximum absolute atomic E-state index is 12.7. The van der Waals surface area contributed by atoms with E-state index in [1.807, 2.05) is 19.1 Å². The van der Waals surface area contributed by atoms with Gasteiger partial charge in [-0.15, -0.1) is 0 Å². The number of halogens is 3. The Bertz CT molecular complexity index is 728. The number of carbonyl (C=O) groups is 2. The van der Waals surface area contributed by atoms with Gasteiger partial charge in [-0.1, -0.05) is 12.2 Å². The summed E-state index contributed by atoms with van der Waals surface area (Å²) in [7, 11) is 0. The molecule has 0 bridgehead atoms. The second-order valence-electron chi connectivity index (χ2n) is 6.47. The molecule has 0 aliphatic rings. The third kappa shape index (κ3) is 9.89. The molecule has 0 saturated heterocycles. The summed E-state index contributed by atoms with van der Waals surface area (Å²) in [6.45, 7) is 6.19. The molecule has 0 aromatic heterocycles. The normalized spacial score (nSPS) is 12.3. The average molecular weight is 412 g/mol. The van der Waals surface area contributed by atoms with Gasteiger partial charge in [0, 0.05) is 24.4 Å². The van der Waals surface area contributed by atoms with Gasteiger partial charge in [-0.05, 0) is 58.0 Å². The van der Waals surface area contributed by atoms with Crippen molar-refractivity contribution in [3.05, 3.63) is 42.0 Å². The lowest BCUT2D eigenvalue weighted by Gasteiger charge is -2.19. The van der Waals surface area contributed by atoms with E-state index in [-0.39, 0.29) is 24.6 Å². The molecule has 0 aliphatic carbocycles. The van der Waals surface area contributed by atoms with Crippen LogP contribution in [0.15, 0.2) is 41.5 Å². The van der Waals surface area contributed by atoms with Crippen molar-refractivity contribution in [2.45, 2.75) is 39.8 Å². The number of nitrogens with zero attached hydrogens (tertiary/aromatic N) is 2. The Hall–Kier alpha value is -2.68. The second-order valence-corrected chi connectivity index (χ2v) is 6.47. The Labute approximate surface area is 168 Å². The number of urea groups is 1. The minimum absolute atomic E-state index is 0.0159. The number of ketones is 1. The Balaban J connectivity index is 2.78. The molecule has 9 heteroatoms. The number of Topliss-reactive ketones (excluding diaryl/α,β-unsaturated/α-hetero) is 1. The summed E-state index contributed by atoms with van der Waals surface area (Å²) in [5.41, 5.74) is 0.162. The van der Waals surface area contributed by atoms with Crippen molar-refractivity contribution in [2.75, 3.05) is 25.0 Å². The molecule has 0 aliphatic heterocycles. The fourth-order valence-corrected chi connectivity index (χ4v) is 2.28. The van der Waals surface area contributed by atoms with Gasteiger partial charge >= 0.3 is 12.2 Å². The minimum atomic E-state index is -4.43. The van der Waals surface area contributed by atoms with Gasteiger partial charge in [0.1, 0.15) is 5.78 Å². The van der Waals surface area contributed by atoms with E-state index in [1.54, 1.807) is 6.92 Å². The quantitative estimate of drug-likeness (QED) is 0.258. The number of benzene rings is 1.